The molecular formula is C27H26B2N2. The topological polar surface area (TPSA) is 6.48 Å². The average molecular weight is 400 g/mol. The van der Waals surface area contributed by atoms with Gasteiger partial charge in [0.25, 0.3) is 13.7 Å². The van der Waals surface area contributed by atoms with Gasteiger partial charge in [-0.3, -0.25) is 0 Å². The zero-order valence-corrected chi connectivity index (χ0v) is 17.9. The Morgan fingerprint density at radius 2 is 0.839 bits per heavy atom. The number of hydrogen-bond donors (Lipinski definition) is 0. The Balaban J connectivity index is 1.66. The normalized spacial score (nSPS) is 14.7. The summed E-state index contributed by atoms with van der Waals surface area (Å²) in [5, 5.41) is 0. The molecular weight excluding hydrogens is 374 g/mol. The monoisotopic (exact) mass is 400 g/mol. The maximum atomic E-state index is 2.56. The Labute approximate surface area is 186 Å². The molecule has 150 valence electrons. The minimum Gasteiger partial charge on any atom is -0.395 e. The summed E-state index contributed by atoms with van der Waals surface area (Å²) in [4.78, 5) is 5.12. The second kappa shape index (κ2) is 8.77. The van der Waals surface area contributed by atoms with Gasteiger partial charge in [0, 0.05) is 11.4 Å². The van der Waals surface area contributed by atoms with Crippen LogP contribution in [0.5, 0.6) is 0 Å². The fourth-order valence-electron chi connectivity index (χ4n) is 5.07. The van der Waals surface area contributed by atoms with Crippen molar-refractivity contribution in [3.8, 4) is 0 Å². The van der Waals surface area contributed by atoms with Crippen molar-refractivity contribution >= 4 is 36.0 Å². The van der Waals surface area contributed by atoms with Gasteiger partial charge in [-0.15, -0.1) is 0 Å². The molecule has 0 saturated carbocycles. The number of rotatable bonds is 4. The van der Waals surface area contributed by atoms with Gasteiger partial charge in [-0.25, -0.2) is 0 Å². The van der Waals surface area contributed by atoms with Crippen molar-refractivity contribution in [2.24, 2.45) is 0 Å². The molecule has 0 aliphatic carbocycles. The second-order valence-corrected chi connectivity index (χ2v) is 8.32. The number of nitrogens with zero attached hydrogens (tertiary/aromatic N) is 2. The molecule has 1 aliphatic heterocycles. The maximum Gasteiger partial charge on any atom is 0.288 e. The van der Waals surface area contributed by atoms with Crippen LogP contribution in [0.4, 0.5) is 11.4 Å². The van der Waals surface area contributed by atoms with E-state index in [0.29, 0.717) is 5.72 Å². The predicted molar refractivity (Wildman–Crippen MR) is 136 cm³/mol. The molecule has 1 aliphatic rings. The molecule has 0 unspecified atom stereocenters. The van der Waals surface area contributed by atoms with Gasteiger partial charge in [-0.2, -0.15) is 0 Å². The lowest BCUT2D eigenvalue weighted by molar-refractivity contribution is 0.936. The van der Waals surface area contributed by atoms with Crippen LogP contribution in [-0.4, -0.2) is 20.4 Å². The molecule has 5 rings (SSSR count). The minimum atomic E-state index is 0.286. The zero-order valence-electron chi connectivity index (χ0n) is 17.9. The van der Waals surface area contributed by atoms with Gasteiger partial charge in [0.2, 0.25) is 0 Å². The summed E-state index contributed by atoms with van der Waals surface area (Å²) in [5.74, 6) is 0. The zero-order chi connectivity index (χ0) is 21.0. The van der Waals surface area contributed by atoms with Gasteiger partial charge in [0.05, 0.1) is 6.67 Å². The lowest BCUT2D eigenvalue weighted by Gasteiger charge is -2.50. The highest BCUT2D eigenvalue weighted by Crippen LogP contribution is 2.32. The molecule has 0 bridgehead atoms. The van der Waals surface area contributed by atoms with E-state index >= 15 is 0 Å². The van der Waals surface area contributed by atoms with E-state index in [4.69, 9.17) is 0 Å². The van der Waals surface area contributed by atoms with Crippen LogP contribution in [0.3, 0.4) is 0 Å². The van der Waals surface area contributed by atoms with Crippen LogP contribution in [0.1, 0.15) is 6.92 Å². The van der Waals surface area contributed by atoms with Crippen molar-refractivity contribution < 1.29 is 0 Å². The first-order valence-corrected chi connectivity index (χ1v) is 11.1. The highest BCUT2D eigenvalue weighted by Gasteiger charge is 2.47. The van der Waals surface area contributed by atoms with E-state index in [0.717, 1.165) is 6.67 Å². The van der Waals surface area contributed by atoms with Crippen molar-refractivity contribution in [2.75, 3.05) is 16.3 Å². The van der Waals surface area contributed by atoms with Crippen LogP contribution in [-0.2, 0) is 0 Å². The minimum absolute atomic E-state index is 0.286. The third kappa shape index (κ3) is 3.86. The highest BCUT2D eigenvalue weighted by atomic mass is 15.3. The number of anilines is 2. The molecule has 0 radical (unpaired) electrons. The summed E-state index contributed by atoms with van der Waals surface area (Å²) in [6.07, 6.45) is 0. The summed E-state index contributed by atoms with van der Waals surface area (Å²) in [7, 11) is 0. The van der Waals surface area contributed by atoms with E-state index in [1.165, 1.54) is 22.3 Å². The molecule has 1 fully saturated rings. The van der Waals surface area contributed by atoms with Crippen LogP contribution in [0.25, 0.3) is 0 Å². The largest absolute Gasteiger partial charge is 0.395 e. The summed E-state index contributed by atoms with van der Waals surface area (Å²) in [5.41, 5.74) is 5.63. The van der Waals surface area contributed by atoms with E-state index in [-0.39, 0.29) is 13.7 Å². The Kier molecular flexibility index (Phi) is 5.54. The molecule has 0 amide bonds. The number of benzene rings is 4. The fourth-order valence-corrected chi connectivity index (χ4v) is 5.07. The molecule has 4 aromatic rings. The maximum absolute atomic E-state index is 2.56. The molecule has 1 saturated heterocycles. The quantitative estimate of drug-likeness (QED) is 0.459. The Morgan fingerprint density at radius 3 is 1.19 bits per heavy atom. The van der Waals surface area contributed by atoms with Crippen molar-refractivity contribution in [1.82, 2.24) is 0 Å². The van der Waals surface area contributed by atoms with E-state index in [2.05, 4.69) is 138 Å². The van der Waals surface area contributed by atoms with Crippen LogP contribution < -0.4 is 20.5 Å². The first kappa shape index (κ1) is 19.6. The van der Waals surface area contributed by atoms with Gasteiger partial charge >= 0.3 is 0 Å². The lowest BCUT2D eigenvalue weighted by atomic mass is 9.25. The molecule has 2 nitrogen and oxygen atoms in total. The smallest absolute Gasteiger partial charge is 0.288 e. The molecule has 4 aromatic carbocycles. The first-order valence-electron chi connectivity index (χ1n) is 11.1. The molecule has 0 spiro atoms. The van der Waals surface area contributed by atoms with Gasteiger partial charge in [0.1, 0.15) is 0 Å². The van der Waals surface area contributed by atoms with E-state index in [1.54, 1.807) is 0 Å². The van der Waals surface area contributed by atoms with Crippen molar-refractivity contribution in [3.05, 3.63) is 121 Å². The van der Waals surface area contributed by atoms with Gasteiger partial charge in [0.15, 0.2) is 0 Å². The fraction of sp³-hybridized carbons (Fsp3) is 0.111. The van der Waals surface area contributed by atoms with E-state index in [9.17, 15) is 0 Å². The second-order valence-electron chi connectivity index (χ2n) is 8.32. The summed E-state index contributed by atoms with van der Waals surface area (Å²) in [6.45, 7) is 3.81. The van der Waals surface area contributed by atoms with Gasteiger partial charge in [-0.05, 0) is 30.0 Å². The Bertz CT molecular complexity index is 1000. The van der Waals surface area contributed by atoms with E-state index in [1.807, 2.05) is 0 Å². The van der Waals surface area contributed by atoms with Crippen molar-refractivity contribution in [3.63, 3.8) is 0 Å². The Morgan fingerprint density at radius 1 is 0.516 bits per heavy atom. The van der Waals surface area contributed by atoms with Crippen molar-refractivity contribution in [2.45, 2.75) is 12.6 Å². The molecule has 0 aromatic heterocycles. The van der Waals surface area contributed by atoms with Gasteiger partial charge in [-0.1, -0.05) is 115 Å². The van der Waals surface area contributed by atoms with Gasteiger partial charge < -0.3 is 9.62 Å². The van der Waals surface area contributed by atoms with Crippen LogP contribution in [0.15, 0.2) is 121 Å². The van der Waals surface area contributed by atoms with Crippen LogP contribution >= 0.6 is 0 Å². The third-order valence-corrected chi connectivity index (χ3v) is 6.43. The standard InChI is InChI=1S/C27H26B2N2/c1-23-28(24-14-6-2-7-15-24)30(26-18-10-4-11-19-26)22-31(27-20-12-5-13-21-27)29(23)25-16-8-3-9-17-25/h2-21,23H,22H2,1H3. The molecule has 4 heteroatoms. The SMILES string of the molecule is CC1B(c2ccccc2)N(c2ccccc2)CN(c2ccccc2)B1c1ccccc1. The molecule has 31 heavy (non-hydrogen) atoms. The average Bonchev–Trinajstić information content (AvgIpc) is 2.85. The molecule has 0 N–H and O–H groups in total. The van der Waals surface area contributed by atoms with Crippen LogP contribution in [0, 0.1) is 0 Å². The summed E-state index contributed by atoms with van der Waals surface area (Å²) >= 11 is 0. The lowest BCUT2D eigenvalue weighted by Crippen LogP contribution is -2.70. The molecule has 1 heterocycles. The number of hydrogen-bond acceptors (Lipinski definition) is 2. The summed E-state index contributed by atoms with van der Waals surface area (Å²) in [6, 6.07) is 43.6. The highest BCUT2D eigenvalue weighted by molar-refractivity contribution is 6.96. The Hall–Kier alpha value is -3.39. The predicted octanol–water partition coefficient (Wildman–Crippen LogP) is 4.70. The van der Waals surface area contributed by atoms with Crippen molar-refractivity contribution in [1.29, 1.82) is 0 Å². The molecule has 0 atom stereocenters. The first-order chi connectivity index (χ1) is 15.3. The summed E-state index contributed by atoms with van der Waals surface area (Å²) < 4.78 is 0. The number of para-hydroxylation sites is 2. The van der Waals surface area contributed by atoms with Crippen LogP contribution in [0.2, 0.25) is 5.72 Å². The third-order valence-electron chi connectivity index (χ3n) is 6.43. The van der Waals surface area contributed by atoms with E-state index < -0.39 is 0 Å².